The SMILES string of the molecule is COc1ccc2c(/C(=C(\F)C(F)(F)C(F)(F)C(F)(F)C(F)(F)C(F)(F)C(F)(F)F)c3ccccc3)c(C#N)[nH]c2c1. The number of ether oxygens (including phenoxy) is 1. The van der Waals surface area contributed by atoms with Gasteiger partial charge in [-0.2, -0.15) is 62.3 Å². The first kappa shape index (κ1) is 31.6. The maximum absolute atomic E-state index is 15.5. The van der Waals surface area contributed by atoms with E-state index in [1.165, 1.54) is 19.2 Å². The molecule has 0 aliphatic heterocycles. The molecule has 0 spiro atoms. The van der Waals surface area contributed by atoms with E-state index in [1.807, 2.05) is 0 Å². The highest BCUT2D eigenvalue weighted by molar-refractivity contribution is 6.00. The smallest absolute Gasteiger partial charge is 0.460 e. The number of aromatic amines is 1. The number of benzene rings is 2. The molecule has 0 bridgehead atoms. The minimum Gasteiger partial charge on any atom is -0.497 e. The van der Waals surface area contributed by atoms with Crippen molar-refractivity contribution in [3.05, 3.63) is 71.2 Å². The lowest BCUT2D eigenvalue weighted by Crippen LogP contribution is -2.70. The minimum atomic E-state index is -8.20. The molecule has 1 N–H and O–H groups in total. The lowest BCUT2D eigenvalue weighted by atomic mass is 9.88. The molecule has 17 heteroatoms. The Morgan fingerprint density at radius 3 is 1.78 bits per heavy atom. The highest BCUT2D eigenvalue weighted by atomic mass is 19.4. The van der Waals surface area contributed by atoms with E-state index < -0.39 is 69.4 Å². The predicted molar refractivity (Wildman–Crippen MR) is 114 cm³/mol. The van der Waals surface area contributed by atoms with Crippen LogP contribution in [0.1, 0.15) is 16.8 Å². The summed E-state index contributed by atoms with van der Waals surface area (Å²) in [7, 11) is 1.17. The largest absolute Gasteiger partial charge is 0.497 e. The molecular weight excluding hydrogens is 598 g/mol. The van der Waals surface area contributed by atoms with Gasteiger partial charge in [-0.25, -0.2) is 4.39 Å². The van der Waals surface area contributed by atoms with Crippen LogP contribution in [-0.2, 0) is 0 Å². The van der Waals surface area contributed by atoms with Crippen LogP contribution in [-0.4, -0.2) is 47.9 Å². The van der Waals surface area contributed by atoms with Gasteiger partial charge < -0.3 is 9.72 Å². The third-order valence-electron chi connectivity index (χ3n) is 5.86. The van der Waals surface area contributed by atoms with Crippen LogP contribution >= 0.6 is 0 Å². The second-order valence-corrected chi connectivity index (χ2v) is 8.32. The molecule has 2 aromatic carbocycles. The van der Waals surface area contributed by atoms with Crippen molar-refractivity contribution >= 4 is 16.5 Å². The summed E-state index contributed by atoms with van der Waals surface area (Å²) < 4.78 is 199. The zero-order chi connectivity index (χ0) is 31.4. The molecule has 3 rings (SSSR count). The fourth-order valence-corrected chi connectivity index (χ4v) is 3.70. The summed E-state index contributed by atoms with van der Waals surface area (Å²) in [5.74, 6) is -43.0. The Morgan fingerprint density at radius 1 is 0.756 bits per heavy atom. The number of nitrogens with one attached hydrogen (secondary N) is 1. The first-order valence-corrected chi connectivity index (χ1v) is 10.6. The van der Waals surface area contributed by atoms with Crippen LogP contribution in [0.4, 0.5) is 61.5 Å². The van der Waals surface area contributed by atoms with Crippen LogP contribution in [0.2, 0.25) is 0 Å². The monoisotopic (exact) mass is 610 g/mol. The number of rotatable bonds is 8. The van der Waals surface area contributed by atoms with Crippen molar-refractivity contribution in [2.45, 2.75) is 35.8 Å². The molecule has 3 nitrogen and oxygen atoms in total. The van der Waals surface area contributed by atoms with Crippen molar-refractivity contribution in [2.75, 3.05) is 7.11 Å². The van der Waals surface area contributed by atoms with Gasteiger partial charge in [-0.1, -0.05) is 30.3 Å². The van der Waals surface area contributed by atoms with Gasteiger partial charge >= 0.3 is 35.8 Å². The summed E-state index contributed by atoms with van der Waals surface area (Å²) >= 11 is 0. The number of alkyl halides is 13. The van der Waals surface area contributed by atoms with E-state index >= 15 is 4.39 Å². The van der Waals surface area contributed by atoms with E-state index in [1.54, 1.807) is 0 Å². The Kier molecular flexibility index (Phi) is 7.57. The first-order chi connectivity index (χ1) is 18.6. The van der Waals surface area contributed by atoms with Gasteiger partial charge in [0.2, 0.25) is 0 Å². The number of methoxy groups -OCH3 is 1. The van der Waals surface area contributed by atoms with Crippen LogP contribution < -0.4 is 4.74 Å². The van der Waals surface area contributed by atoms with Crippen molar-refractivity contribution in [2.24, 2.45) is 0 Å². The number of H-pyrrole nitrogens is 1. The maximum atomic E-state index is 15.5. The zero-order valence-corrected chi connectivity index (χ0v) is 19.8. The Bertz CT molecular complexity index is 1510. The zero-order valence-electron chi connectivity index (χ0n) is 19.8. The Hall–Kier alpha value is -3.97. The molecule has 41 heavy (non-hydrogen) atoms. The standard InChI is InChI=1S/C24H12F14N2O/c1-41-12-7-8-13-14(9-12)40-15(10-39)17(13)16(11-5-3-2-4-6-11)18(25)19(26,27)20(28,29)21(30,31)22(32,33)23(34,35)24(36,37)38/h2-9,40H,1H3/b18-16-. The average Bonchev–Trinajstić information content (AvgIpc) is 3.25. The van der Waals surface area contributed by atoms with Gasteiger partial charge in [0.05, 0.1) is 12.6 Å². The molecule has 0 fully saturated rings. The summed E-state index contributed by atoms with van der Waals surface area (Å²) in [5.41, 5.74) is -4.61. The molecule has 3 aromatic rings. The van der Waals surface area contributed by atoms with Crippen molar-refractivity contribution in [1.82, 2.24) is 4.98 Å². The van der Waals surface area contributed by atoms with Crippen LogP contribution in [0.15, 0.2) is 54.4 Å². The average molecular weight is 610 g/mol. The third kappa shape index (κ3) is 4.52. The molecule has 0 aliphatic rings. The minimum absolute atomic E-state index is 0.0600. The Balaban J connectivity index is 2.41. The quantitative estimate of drug-likeness (QED) is 0.260. The van der Waals surface area contributed by atoms with Gasteiger partial charge in [-0.05, 0) is 17.7 Å². The molecule has 0 amide bonds. The molecule has 0 saturated heterocycles. The van der Waals surface area contributed by atoms with Crippen LogP contribution in [0.5, 0.6) is 5.75 Å². The maximum Gasteiger partial charge on any atom is 0.460 e. The fourth-order valence-electron chi connectivity index (χ4n) is 3.70. The van der Waals surface area contributed by atoms with Crippen LogP contribution in [0.3, 0.4) is 0 Å². The van der Waals surface area contributed by atoms with Crippen molar-refractivity contribution in [3.63, 3.8) is 0 Å². The number of allylic oxidation sites excluding steroid dienone is 1. The molecule has 0 atom stereocenters. The summed E-state index contributed by atoms with van der Waals surface area (Å²) in [5, 5.41) is 9.09. The number of halogens is 14. The van der Waals surface area contributed by atoms with Gasteiger partial charge in [-0.15, -0.1) is 0 Å². The number of nitrogens with zero attached hydrogens (tertiary/aromatic N) is 1. The molecule has 222 valence electrons. The Labute approximate surface area is 219 Å². The van der Waals surface area contributed by atoms with E-state index in [-0.39, 0.29) is 11.3 Å². The van der Waals surface area contributed by atoms with Gasteiger partial charge in [0.1, 0.15) is 17.5 Å². The van der Waals surface area contributed by atoms with E-state index in [9.17, 15) is 62.3 Å². The summed E-state index contributed by atoms with van der Waals surface area (Å²) in [6.07, 6.45) is -7.61. The molecule has 0 unspecified atom stereocenters. The lowest BCUT2D eigenvalue weighted by molar-refractivity contribution is -0.437. The highest BCUT2D eigenvalue weighted by Gasteiger charge is 2.91. The van der Waals surface area contributed by atoms with Gasteiger partial charge in [0.25, 0.3) is 0 Å². The summed E-state index contributed by atoms with van der Waals surface area (Å²) in [6.45, 7) is 0. The normalized spacial score (nSPS) is 14.6. The summed E-state index contributed by atoms with van der Waals surface area (Å²) in [4.78, 5) is 2.31. The van der Waals surface area contributed by atoms with E-state index in [2.05, 4.69) is 4.98 Å². The lowest BCUT2D eigenvalue weighted by Gasteiger charge is -2.39. The molecule has 0 radical (unpaired) electrons. The predicted octanol–water partition coefficient (Wildman–Crippen LogP) is 8.52. The van der Waals surface area contributed by atoms with Gasteiger partial charge in [0, 0.05) is 22.6 Å². The summed E-state index contributed by atoms with van der Waals surface area (Å²) in [6, 6.07) is 9.27. The second kappa shape index (κ2) is 9.84. The van der Waals surface area contributed by atoms with Crippen molar-refractivity contribution in [3.8, 4) is 11.8 Å². The van der Waals surface area contributed by atoms with Crippen LogP contribution in [0, 0.1) is 11.3 Å². The first-order valence-electron chi connectivity index (χ1n) is 10.6. The third-order valence-corrected chi connectivity index (χ3v) is 5.86. The van der Waals surface area contributed by atoms with Gasteiger partial charge in [0.15, 0.2) is 5.83 Å². The number of nitriles is 1. The van der Waals surface area contributed by atoms with Crippen LogP contribution in [0.25, 0.3) is 16.5 Å². The van der Waals surface area contributed by atoms with E-state index in [4.69, 9.17) is 4.74 Å². The number of hydrogen-bond donors (Lipinski definition) is 1. The molecular formula is C24H12F14N2O. The number of aromatic nitrogens is 1. The fraction of sp³-hybridized carbons (Fsp3) is 0.292. The van der Waals surface area contributed by atoms with Crippen molar-refractivity contribution in [1.29, 1.82) is 5.26 Å². The Morgan fingerprint density at radius 2 is 1.29 bits per heavy atom. The van der Waals surface area contributed by atoms with E-state index in [0.29, 0.717) is 0 Å². The molecule has 0 saturated carbocycles. The molecule has 1 aromatic heterocycles. The number of fused-ring (bicyclic) bond motifs is 1. The number of hydrogen-bond acceptors (Lipinski definition) is 2. The topological polar surface area (TPSA) is 48.8 Å². The van der Waals surface area contributed by atoms with E-state index in [0.717, 1.165) is 42.5 Å². The van der Waals surface area contributed by atoms with Crippen molar-refractivity contribution < 1.29 is 66.2 Å². The highest BCUT2D eigenvalue weighted by Crippen LogP contribution is 2.62. The van der Waals surface area contributed by atoms with Gasteiger partial charge in [-0.3, -0.25) is 0 Å². The second-order valence-electron chi connectivity index (χ2n) is 8.32. The molecule has 1 heterocycles. The molecule has 0 aliphatic carbocycles.